The molecule has 2 aromatic carbocycles. The first kappa shape index (κ1) is 12.0. The number of aryl methyl sites for hydroxylation is 1. The highest BCUT2D eigenvalue weighted by molar-refractivity contribution is 6.00. The normalized spacial score (nSPS) is 10.1. The number of benzene rings is 2. The molecule has 0 fully saturated rings. The van der Waals surface area contributed by atoms with E-state index >= 15 is 0 Å². The van der Waals surface area contributed by atoms with E-state index < -0.39 is 5.91 Å². The molecule has 0 spiro atoms. The zero-order chi connectivity index (χ0) is 13.1. The van der Waals surface area contributed by atoms with Crippen molar-refractivity contribution in [2.45, 2.75) is 6.92 Å². The Morgan fingerprint density at radius 1 is 1.11 bits per heavy atom. The average Bonchev–Trinajstić information content (AvgIpc) is 2.34. The smallest absolute Gasteiger partial charge is 0.250 e. The summed E-state index contributed by atoms with van der Waals surface area (Å²) in [5.74, 6) is -0.501. The Kier molecular flexibility index (Phi) is 3.19. The number of nitrogens with one attached hydrogen (secondary N) is 1. The van der Waals surface area contributed by atoms with Crippen LogP contribution in [0.1, 0.15) is 15.9 Å². The SMILES string of the molecule is Cc1ccccc1Nc1ccc(N)cc1C(N)=O. The molecule has 0 saturated heterocycles. The lowest BCUT2D eigenvalue weighted by Crippen LogP contribution is -2.13. The largest absolute Gasteiger partial charge is 0.399 e. The zero-order valence-electron chi connectivity index (χ0n) is 10.1. The van der Waals surface area contributed by atoms with Gasteiger partial charge in [-0.05, 0) is 36.8 Å². The second-order valence-corrected chi connectivity index (χ2v) is 4.11. The predicted molar refractivity (Wildman–Crippen MR) is 73.8 cm³/mol. The maximum atomic E-state index is 11.4. The number of hydrogen-bond donors (Lipinski definition) is 3. The molecule has 0 radical (unpaired) electrons. The van der Waals surface area contributed by atoms with Crippen LogP contribution in [0, 0.1) is 6.92 Å². The van der Waals surface area contributed by atoms with E-state index in [1.54, 1.807) is 18.2 Å². The van der Waals surface area contributed by atoms with E-state index in [4.69, 9.17) is 11.5 Å². The number of nitrogen functional groups attached to an aromatic ring is 1. The molecule has 18 heavy (non-hydrogen) atoms. The van der Waals surface area contributed by atoms with Crippen LogP contribution < -0.4 is 16.8 Å². The number of rotatable bonds is 3. The average molecular weight is 241 g/mol. The number of amides is 1. The summed E-state index contributed by atoms with van der Waals surface area (Å²) in [4.78, 5) is 11.4. The molecule has 4 nitrogen and oxygen atoms in total. The van der Waals surface area contributed by atoms with E-state index in [0.717, 1.165) is 11.3 Å². The van der Waals surface area contributed by atoms with Gasteiger partial charge in [-0.3, -0.25) is 4.79 Å². The molecule has 92 valence electrons. The molecule has 2 aromatic rings. The number of primary amides is 1. The summed E-state index contributed by atoms with van der Waals surface area (Å²) in [5.41, 5.74) is 14.6. The van der Waals surface area contributed by atoms with E-state index in [-0.39, 0.29) is 0 Å². The van der Waals surface area contributed by atoms with Gasteiger partial charge < -0.3 is 16.8 Å². The number of carbonyl (C=O) groups excluding carboxylic acids is 1. The van der Waals surface area contributed by atoms with Crippen molar-refractivity contribution in [3.05, 3.63) is 53.6 Å². The number of carbonyl (C=O) groups is 1. The molecule has 0 aliphatic rings. The standard InChI is InChI=1S/C14H15N3O/c1-9-4-2-3-5-12(9)17-13-7-6-10(15)8-11(13)14(16)18/h2-8,17H,15H2,1H3,(H2,16,18). The molecule has 1 amide bonds. The first-order valence-electron chi connectivity index (χ1n) is 5.60. The monoisotopic (exact) mass is 241 g/mol. The molecule has 0 unspecified atom stereocenters. The molecule has 0 heterocycles. The number of hydrogen-bond acceptors (Lipinski definition) is 3. The van der Waals surface area contributed by atoms with Gasteiger partial charge in [0.15, 0.2) is 0 Å². The van der Waals surface area contributed by atoms with E-state index in [9.17, 15) is 4.79 Å². The minimum absolute atomic E-state index is 0.387. The number of para-hydroxylation sites is 1. The fourth-order valence-electron chi connectivity index (χ4n) is 1.73. The van der Waals surface area contributed by atoms with Crippen LogP contribution in [0.3, 0.4) is 0 Å². The van der Waals surface area contributed by atoms with Crippen LogP contribution in [0.4, 0.5) is 17.1 Å². The van der Waals surface area contributed by atoms with Gasteiger partial charge in [-0.25, -0.2) is 0 Å². The molecule has 5 N–H and O–H groups in total. The van der Waals surface area contributed by atoms with E-state index in [2.05, 4.69) is 5.32 Å². The molecule has 0 aliphatic heterocycles. The van der Waals surface area contributed by atoms with Gasteiger partial charge in [-0.1, -0.05) is 18.2 Å². The van der Waals surface area contributed by atoms with Crippen molar-refractivity contribution in [1.82, 2.24) is 0 Å². The third kappa shape index (κ3) is 2.43. The third-order valence-electron chi connectivity index (χ3n) is 2.72. The highest BCUT2D eigenvalue weighted by Crippen LogP contribution is 2.24. The van der Waals surface area contributed by atoms with Crippen molar-refractivity contribution in [2.75, 3.05) is 11.1 Å². The highest BCUT2D eigenvalue weighted by atomic mass is 16.1. The molecule has 0 saturated carbocycles. The molecule has 0 bridgehead atoms. The van der Waals surface area contributed by atoms with Crippen molar-refractivity contribution >= 4 is 23.0 Å². The van der Waals surface area contributed by atoms with Crippen LogP contribution in [0.2, 0.25) is 0 Å². The van der Waals surface area contributed by atoms with Gasteiger partial charge in [0.1, 0.15) is 0 Å². The Hall–Kier alpha value is -2.49. The minimum Gasteiger partial charge on any atom is -0.399 e. The van der Waals surface area contributed by atoms with Crippen LogP contribution in [-0.2, 0) is 0 Å². The molecule has 2 rings (SSSR count). The van der Waals surface area contributed by atoms with Gasteiger partial charge in [-0.15, -0.1) is 0 Å². The summed E-state index contributed by atoms with van der Waals surface area (Å²) >= 11 is 0. The Morgan fingerprint density at radius 2 is 1.83 bits per heavy atom. The minimum atomic E-state index is -0.501. The number of nitrogens with two attached hydrogens (primary N) is 2. The van der Waals surface area contributed by atoms with Crippen LogP contribution in [0.15, 0.2) is 42.5 Å². The number of anilines is 3. The van der Waals surface area contributed by atoms with Gasteiger partial charge in [0.05, 0.1) is 11.3 Å². The summed E-state index contributed by atoms with van der Waals surface area (Å²) in [6.45, 7) is 1.99. The quantitative estimate of drug-likeness (QED) is 0.722. The van der Waals surface area contributed by atoms with Crippen LogP contribution in [-0.4, -0.2) is 5.91 Å². The Bertz CT molecular complexity index is 593. The van der Waals surface area contributed by atoms with Gasteiger partial charge in [0, 0.05) is 11.4 Å². The van der Waals surface area contributed by atoms with Gasteiger partial charge in [-0.2, -0.15) is 0 Å². The van der Waals surface area contributed by atoms with Gasteiger partial charge in [0.2, 0.25) is 0 Å². The fraction of sp³-hybridized carbons (Fsp3) is 0.0714. The topological polar surface area (TPSA) is 81.1 Å². The van der Waals surface area contributed by atoms with Gasteiger partial charge >= 0.3 is 0 Å². The first-order valence-corrected chi connectivity index (χ1v) is 5.60. The van der Waals surface area contributed by atoms with E-state index in [1.165, 1.54) is 0 Å². The maximum Gasteiger partial charge on any atom is 0.250 e. The highest BCUT2D eigenvalue weighted by Gasteiger charge is 2.09. The summed E-state index contributed by atoms with van der Waals surface area (Å²) in [5, 5.41) is 3.19. The predicted octanol–water partition coefficient (Wildman–Crippen LogP) is 2.42. The lowest BCUT2D eigenvalue weighted by Gasteiger charge is -2.12. The molecule has 4 heteroatoms. The van der Waals surface area contributed by atoms with Gasteiger partial charge in [0.25, 0.3) is 5.91 Å². The van der Waals surface area contributed by atoms with Crippen LogP contribution >= 0.6 is 0 Å². The molecule has 0 atom stereocenters. The van der Waals surface area contributed by atoms with E-state index in [1.807, 2.05) is 31.2 Å². The lowest BCUT2D eigenvalue weighted by molar-refractivity contribution is 0.100. The summed E-state index contributed by atoms with van der Waals surface area (Å²) in [7, 11) is 0. The van der Waals surface area contributed by atoms with Crippen molar-refractivity contribution in [3.8, 4) is 0 Å². The van der Waals surface area contributed by atoms with Crippen molar-refractivity contribution in [2.24, 2.45) is 5.73 Å². The summed E-state index contributed by atoms with van der Waals surface area (Å²) in [6.07, 6.45) is 0. The second kappa shape index (κ2) is 4.79. The van der Waals surface area contributed by atoms with Crippen LogP contribution in [0.25, 0.3) is 0 Å². The first-order chi connectivity index (χ1) is 8.58. The maximum absolute atomic E-state index is 11.4. The summed E-state index contributed by atoms with van der Waals surface area (Å²) in [6, 6.07) is 12.9. The van der Waals surface area contributed by atoms with E-state index in [0.29, 0.717) is 16.9 Å². The van der Waals surface area contributed by atoms with Crippen molar-refractivity contribution in [1.29, 1.82) is 0 Å². The fourth-order valence-corrected chi connectivity index (χ4v) is 1.73. The van der Waals surface area contributed by atoms with Crippen molar-refractivity contribution < 1.29 is 4.79 Å². The molecule has 0 aliphatic carbocycles. The Morgan fingerprint density at radius 3 is 2.50 bits per heavy atom. The lowest BCUT2D eigenvalue weighted by atomic mass is 10.1. The Balaban J connectivity index is 2.41. The summed E-state index contributed by atoms with van der Waals surface area (Å²) < 4.78 is 0. The molecule has 0 aromatic heterocycles. The second-order valence-electron chi connectivity index (χ2n) is 4.11. The zero-order valence-corrected chi connectivity index (χ0v) is 10.1. The molecular formula is C14H15N3O. The Labute approximate surface area is 106 Å². The molecular weight excluding hydrogens is 226 g/mol. The third-order valence-corrected chi connectivity index (χ3v) is 2.72. The van der Waals surface area contributed by atoms with Crippen LogP contribution in [0.5, 0.6) is 0 Å². The van der Waals surface area contributed by atoms with Crippen molar-refractivity contribution in [3.63, 3.8) is 0 Å².